The van der Waals surface area contributed by atoms with Crippen LogP contribution in [0.1, 0.15) is 46.5 Å². The molecule has 5 rings (SSSR count). The number of nitrogens with zero attached hydrogens (tertiary/aromatic N) is 4. The first kappa shape index (κ1) is 29.5. The van der Waals surface area contributed by atoms with Crippen molar-refractivity contribution in [2.24, 2.45) is 0 Å². The van der Waals surface area contributed by atoms with Gasteiger partial charge in [-0.3, -0.25) is 19.4 Å². The Balaban J connectivity index is 1.18. The van der Waals surface area contributed by atoms with E-state index >= 15 is 0 Å². The third-order valence-electron chi connectivity index (χ3n) is 7.21. The Kier molecular flexibility index (Phi) is 8.33. The van der Waals surface area contributed by atoms with Crippen molar-refractivity contribution < 1.29 is 33.4 Å². The van der Waals surface area contributed by atoms with Gasteiger partial charge in [0.2, 0.25) is 23.6 Å². The van der Waals surface area contributed by atoms with Gasteiger partial charge in [-0.2, -0.15) is 0 Å². The molecule has 13 heteroatoms. The molecule has 2 aliphatic rings. The third-order valence-corrected chi connectivity index (χ3v) is 7.21. The van der Waals surface area contributed by atoms with Crippen molar-refractivity contribution in [3.05, 3.63) is 48.5 Å². The number of likely N-dealkylation sites (tertiary alicyclic amines) is 2. The predicted molar refractivity (Wildman–Crippen MR) is 156 cm³/mol. The van der Waals surface area contributed by atoms with E-state index in [9.17, 15) is 24.3 Å². The van der Waals surface area contributed by atoms with Gasteiger partial charge in [0.25, 0.3) is 0 Å². The van der Waals surface area contributed by atoms with E-state index in [-0.39, 0.29) is 23.6 Å². The highest BCUT2D eigenvalue weighted by Crippen LogP contribution is 2.27. The SMILES string of the molecule is CC(C)(C)OC(=O)N1CCC[C@H]1C(=O)Nc1ccc(-c2nnc(-c3ccc(NC(=O)[C@@H]4CCCN4C(=O)O)cc3)o2)cc1. The summed E-state index contributed by atoms with van der Waals surface area (Å²) in [6, 6.07) is 12.4. The maximum absolute atomic E-state index is 13.0. The van der Waals surface area contributed by atoms with Crippen LogP contribution in [0.4, 0.5) is 21.0 Å². The zero-order valence-corrected chi connectivity index (χ0v) is 24.2. The Morgan fingerprint density at radius 1 is 0.791 bits per heavy atom. The van der Waals surface area contributed by atoms with Gasteiger partial charge in [-0.25, -0.2) is 9.59 Å². The number of amides is 4. The highest BCUT2D eigenvalue weighted by atomic mass is 16.6. The van der Waals surface area contributed by atoms with Gasteiger partial charge >= 0.3 is 12.2 Å². The molecule has 2 saturated heterocycles. The number of carboxylic acid groups (broad SMARTS) is 1. The summed E-state index contributed by atoms with van der Waals surface area (Å²) in [7, 11) is 0. The van der Waals surface area contributed by atoms with Gasteiger partial charge in [0.15, 0.2) is 0 Å². The number of ether oxygens (including phenoxy) is 1. The monoisotopic (exact) mass is 590 g/mol. The van der Waals surface area contributed by atoms with Crippen LogP contribution in [-0.4, -0.2) is 79.9 Å². The number of aromatic nitrogens is 2. The zero-order chi connectivity index (χ0) is 30.7. The molecule has 2 fully saturated rings. The fourth-order valence-corrected chi connectivity index (χ4v) is 5.15. The molecule has 3 N–H and O–H groups in total. The molecule has 0 saturated carbocycles. The van der Waals surface area contributed by atoms with E-state index in [1.165, 1.54) is 4.90 Å². The fraction of sp³-hybridized carbons (Fsp3) is 0.400. The Morgan fingerprint density at radius 2 is 1.23 bits per heavy atom. The summed E-state index contributed by atoms with van der Waals surface area (Å²) in [4.78, 5) is 52.0. The largest absolute Gasteiger partial charge is 0.465 e. The summed E-state index contributed by atoms with van der Waals surface area (Å²) < 4.78 is 11.3. The van der Waals surface area contributed by atoms with E-state index < -0.39 is 29.9 Å². The number of benzene rings is 2. The third kappa shape index (κ3) is 6.93. The van der Waals surface area contributed by atoms with Crippen molar-refractivity contribution in [2.75, 3.05) is 23.7 Å². The van der Waals surface area contributed by atoms with Crippen molar-refractivity contribution in [2.45, 2.75) is 64.1 Å². The molecular formula is C30H34N6O7. The lowest BCUT2D eigenvalue weighted by atomic mass is 10.1. The molecule has 0 bridgehead atoms. The van der Waals surface area contributed by atoms with Crippen LogP contribution in [0.15, 0.2) is 52.9 Å². The highest BCUT2D eigenvalue weighted by molar-refractivity contribution is 5.97. The summed E-state index contributed by atoms with van der Waals surface area (Å²) in [6.45, 7) is 6.18. The molecule has 3 aromatic rings. The summed E-state index contributed by atoms with van der Waals surface area (Å²) in [5.41, 5.74) is 1.73. The minimum absolute atomic E-state index is 0.279. The molecular weight excluding hydrogens is 556 g/mol. The van der Waals surface area contributed by atoms with E-state index in [2.05, 4.69) is 20.8 Å². The van der Waals surface area contributed by atoms with Crippen molar-refractivity contribution in [1.29, 1.82) is 0 Å². The molecule has 1 aromatic heterocycles. The number of carbonyl (C=O) groups excluding carboxylic acids is 3. The van der Waals surface area contributed by atoms with Crippen molar-refractivity contribution in [3.8, 4) is 22.9 Å². The molecule has 0 unspecified atom stereocenters. The fourth-order valence-electron chi connectivity index (χ4n) is 5.15. The van der Waals surface area contributed by atoms with E-state index in [0.717, 1.165) is 11.3 Å². The van der Waals surface area contributed by atoms with Crippen molar-refractivity contribution in [3.63, 3.8) is 0 Å². The van der Waals surface area contributed by atoms with Crippen LogP contribution in [0.25, 0.3) is 22.9 Å². The first-order valence-corrected chi connectivity index (χ1v) is 14.1. The van der Waals surface area contributed by atoms with E-state index in [4.69, 9.17) is 9.15 Å². The molecule has 2 aromatic carbocycles. The van der Waals surface area contributed by atoms with Gasteiger partial charge < -0.3 is 24.9 Å². The van der Waals surface area contributed by atoms with Crippen LogP contribution < -0.4 is 10.6 Å². The summed E-state index contributed by atoms with van der Waals surface area (Å²) in [5.74, 6) is -0.0806. The standard InChI is InChI=1S/C30H34N6O7/c1-30(2,3)43-29(41)36-17-5-7-23(36)25(38)32-21-14-10-19(11-15-21)27-34-33-26(42-27)18-8-12-20(13-9-18)31-24(37)22-6-4-16-35(22)28(39)40/h8-15,22-23H,4-7,16-17H2,1-3H3,(H,31,37)(H,32,38)(H,39,40)/t22-,23-/m0/s1. The van der Waals surface area contributed by atoms with Gasteiger partial charge in [0.05, 0.1) is 0 Å². The number of hydrogen-bond donors (Lipinski definition) is 3. The Morgan fingerprint density at radius 3 is 1.67 bits per heavy atom. The molecule has 2 aliphatic heterocycles. The van der Waals surface area contributed by atoms with Gasteiger partial charge in [0, 0.05) is 35.6 Å². The van der Waals surface area contributed by atoms with Gasteiger partial charge in [-0.15, -0.1) is 10.2 Å². The number of hydrogen-bond acceptors (Lipinski definition) is 8. The predicted octanol–water partition coefficient (Wildman–Crippen LogP) is 4.82. The Bertz CT molecular complexity index is 1500. The second-order valence-corrected chi connectivity index (χ2v) is 11.5. The molecule has 0 radical (unpaired) electrons. The zero-order valence-electron chi connectivity index (χ0n) is 24.2. The number of anilines is 2. The minimum atomic E-state index is -1.10. The highest BCUT2D eigenvalue weighted by Gasteiger charge is 2.37. The van der Waals surface area contributed by atoms with Gasteiger partial charge in [-0.05, 0) is 95.0 Å². The minimum Gasteiger partial charge on any atom is -0.465 e. The molecule has 0 spiro atoms. The molecule has 43 heavy (non-hydrogen) atoms. The topological polar surface area (TPSA) is 167 Å². The Labute approximate surface area is 248 Å². The summed E-state index contributed by atoms with van der Waals surface area (Å²) >= 11 is 0. The average molecular weight is 591 g/mol. The first-order chi connectivity index (χ1) is 20.5. The molecule has 2 atom stereocenters. The molecule has 0 aliphatic carbocycles. The maximum atomic E-state index is 13.0. The first-order valence-electron chi connectivity index (χ1n) is 14.1. The van der Waals surface area contributed by atoms with Gasteiger partial charge in [-0.1, -0.05) is 0 Å². The number of rotatable bonds is 6. The molecule has 3 heterocycles. The lowest BCUT2D eigenvalue weighted by molar-refractivity contribution is -0.120. The normalized spacial score (nSPS) is 18.4. The second kappa shape index (κ2) is 12.1. The number of nitrogens with one attached hydrogen (secondary N) is 2. The lowest BCUT2D eigenvalue weighted by Crippen LogP contribution is -2.45. The van der Waals surface area contributed by atoms with Crippen LogP contribution in [0.5, 0.6) is 0 Å². The van der Waals surface area contributed by atoms with E-state index in [1.807, 2.05) is 0 Å². The molecule has 13 nitrogen and oxygen atoms in total. The van der Waals surface area contributed by atoms with Crippen LogP contribution in [0, 0.1) is 0 Å². The van der Waals surface area contributed by atoms with Crippen LogP contribution >= 0.6 is 0 Å². The lowest BCUT2D eigenvalue weighted by Gasteiger charge is -2.28. The van der Waals surface area contributed by atoms with Crippen molar-refractivity contribution >= 4 is 35.4 Å². The second-order valence-electron chi connectivity index (χ2n) is 11.5. The molecule has 226 valence electrons. The van der Waals surface area contributed by atoms with Crippen molar-refractivity contribution in [1.82, 2.24) is 20.0 Å². The van der Waals surface area contributed by atoms with E-state index in [0.29, 0.717) is 54.9 Å². The van der Waals surface area contributed by atoms with Gasteiger partial charge in [0.1, 0.15) is 17.7 Å². The van der Waals surface area contributed by atoms with Crippen LogP contribution in [0.3, 0.4) is 0 Å². The average Bonchev–Trinajstić information content (AvgIpc) is 3.74. The Hall–Kier alpha value is -4.94. The van der Waals surface area contributed by atoms with Crippen LogP contribution in [0.2, 0.25) is 0 Å². The summed E-state index contributed by atoms with van der Waals surface area (Å²) in [5, 5.41) is 23.2. The summed E-state index contributed by atoms with van der Waals surface area (Å²) in [6.07, 6.45) is 0.819. The quantitative estimate of drug-likeness (QED) is 0.364. The van der Waals surface area contributed by atoms with E-state index in [1.54, 1.807) is 69.3 Å². The maximum Gasteiger partial charge on any atom is 0.410 e. The smallest absolute Gasteiger partial charge is 0.410 e. The molecule has 4 amide bonds. The number of carbonyl (C=O) groups is 4. The van der Waals surface area contributed by atoms with Crippen LogP contribution in [-0.2, 0) is 14.3 Å².